The molecule has 2 aliphatic rings. The van der Waals surface area contributed by atoms with E-state index >= 15 is 0 Å². The zero-order chi connectivity index (χ0) is 41.5. The van der Waals surface area contributed by atoms with Crippen molar-refractivity contribution in [3.05, 3.63) is 71.8 Å². The highest BCUT2D eigenvalue weighted by Crippen LogP contribution is 2.38. The number of hydrogen-bond acceptors (Lipinski definition) is 11. The van der Waals surface area contributed by atoms with Gasteiger partial charge in [0.05, 0.1) is 56.4 Å². The Labute approximate surface area is 343 Å². The first-order chi connectivity index (χ1) is 26.9. The highest BCUT2D eigenvalue weighted by Gasteiger charge is 2.42. The molecule has 0 bridgehead atoms. The molecule has 2 heterocycles. The number of esters is 1. The zero-order valence-corrected chi connectivity index (χ0v) is 37.4. The molecule has 57 heavy (non-hydrogen) atoms. The quantitative estimate of drug-likeness (QED) is 0.0463. The maximum atomic E-state index is 11.5. The Balaban J connectivity index is 1.36. The first-order valence-electron chi connectivity index (χ1n) is 20.8. The van der Waals surface area contributed by atoms with Crippen LogP contribution in [0.4, 0.5) is 0 Å². The Kier molecular flexibility index (Phi) is 18.6. The number of carbonyl (C=O) groups is 1. The van der Waals surface area contributed by atoms with Gasteiger partial charge >= 0.3 is 5.97 Å². The second-order valence-electron chi connectivity index (χ2n) is 17.9. The van der Waals surface area contributed by atoms with Gasteiger partial charge in [-0.1, -0.05) is 81.4 Å². The molecular formula is C45H72O11Si. The van der Waals surface area contributed by atoms with E-state index in [0.29, 0.717) is 58.3 Å². The Bertz CT molecular complexity index is 1430. The Morgan fingerprint density at radius 1 is 0.702 bits per heavy atom. The molecule has 6 atom stereocenters. The highest BCUT2D eigenvalue weighted by atomic mass is 28.4. The van der Waals surface area contributed by atoms with Gasteiger partial charge in [0.15, 0.2) is 19.9 Å². The van der Waals surface area contributed by atoms with Crippen molar-refractivity contribution >= 4 is 14.3 Å². The van der Waals surface area contributed by atoms with Crippen LogP contribution in [0.15, 0.2) is 60.7 Å². The summed E-state index contributed by atoms with van der Waals surface area (Å²) in [6.45, 7) is 22.7. The number of carbonyl (C=O) groups excluding carboxylic acids is 1. The van der Waals surface area contributed by atoms with Crippen molar-refractivity contribution in [2.45, 2.75) is 180 Å². The van der Waals surface area contributed by atoms with Crippen molar-refractivity contribution < 1.29 is 51.9 Å². The van der Waals surface area contributed by atoms with Crippen LogP contribution in [0.2, 0.25) is 18.1 Å². The van der Waals surface area contributed by atoms with E-state index in [-0.39, 0.29) is 67.8 Å². The lowest BCUT2D eigenvalue weighted by molar-refractivity contribution is -0.328. The molecule has 2 fully saturated rings. The molecule has 0 amide bonds. The molecule has 0 saturated carbocycles. The first kappa shape index (κ1) is 47.4. The summed E-state index contributed by atoms with van der Waals surface area (Å²) in [6, 6.07) is 20.1. The average molecular weight is 817 g/mol. The maximum Gasteiger partial charge on any atom is 0.302 e. The Morgan fingerprint density at radius 3 is 1.54 bits per heavy atom. The van der Waals surface area contributed by atoms with Gasteiger partial charge in [0.1, 0.15) is 13.6 Å². The largest absolute Gasteiger partial charge is 0.466 e. The van der Waals surface area contributed by atoms with Gasteiger partial charge in [-0.2, -0.15) is 0 Å². The lowest BCUT2D eigenvalue weighted by Gasteiger charge is -2.45. The predicted octanol–water partition coefficient (Wildman–Crippen LogP) is 9.46. The van der Waals surface area contributed by atoms with E-state index in [1.54, 1.807) is 0 Å². The normalized spacial score (nSPS) is 23.5. The van der Waals surface area contributed by atoms with E-state index in [0.717, 1.165) is 17.5 Å². The molecule has 2 aliphatic heterocycles. The molecule has 0 unspecified atom stereocenters. The van der Waals surface area contributed by atoms with Crippen LogP contribution in [-0.2, 0) is 65.1 Å². The Hall–Kier alpha value is -2.23. The second kappa shape index (κ2) is 22.4. The number of benzene rings is 2. The second-order valence-corrected chi connectivity index (χ2v) is 22.8. The molecule has 0 aromatic heterocycles. The maximum absolute atomic E-state index is 11.5. The fourth-order valence-electron chi connectivity index (χ4n) is 7.19. The van der Waals surface area contributed by atoms with Gasteiger partial charge in [0.25, 0.3) is 0 Å². The van der Waals surface area contributed by atoms with Crippen LogP contribution >= 0.6 is 0 Å². The summed E-state index contributed by atoms with van der Waals surface area (Å²) in [5.74, 6) is -1.90. The molecule has 0 spiro atoms. The van der Waals surface area contributed by atoms with Gasteiger partial charge in [-0.3, -0.25) is 4.79 Å². The van der Waals surface area contributed by atoms with Crippen molar-refractivity contribution in [1.29, 1.82) is 0 Å². The topological polar surface area (TPSA) is 109 Å². The van der Waals surface area contributed by atoms with Crippen LogP contribution < -0.4 is 0 Å². The lowest BCUT2D eigenvalue weighted by Crippen LogP contribution is -2.50. The molecule has 11 nitrogen and oxygen atoms in total. The molecule has 12 heteroatoms. The van der Waals surface area contributed by atoms with Gasteiger partial charge in [-0.25, -0.2) is 0 Å². The first-order valence-corrected chi connectivity index (χ1v) is 23.7. The molecule has 4 rings (SSSR count). The van der Waals surface area contributed by atoms with Crippen LogP contribution in [0, 0.1) is 0 Å². The molecule has 0 aliphatic carbocycles. The number of hydrogen-bond donors (Lipinski definition) is 0. The minimum atomic E-state index is -1.92. The summed E-state index contributed by atoms with van der Waals surface area (Å²) < 4.78 is 62.3. The smallest absolute Gasteiger partial charge is 0.302 e. The third-order valence-electron chi connectivity index (χ3n) is 10.9. The summed E-state index contributed by atoms with van der Waals surface area (Å²) in [6.07, 6.45) is 3.81. The Morgan fingerprint density at radius 2 is 1.12 bits per heavy atom. The summed E-state index contributed by atoms with van der Waals surface area (Å²) >= 11 is 0. The third kappa shape index (κ3) is 17.9. The van der Waals surface area contributed by atoms with Gasteiger partial charge in [0.2, 0.25) is 0 Å². The highest BCUT2D eigenvalue weighted by molar-refractivity contribution is 6.74. The zero-order valence-electron chi connectivity index (χ0n) is 36.4. The summed E-state index contributed by atoms with van der Waals surface area (Å²) in [5.41, 5.74) is 2.18. The van der Waals surface area contributed by atoms with E-state index in [1.165, 1.54) is 6.92 Å². The summed E-state index contributed by atoms with van der Waals surface area (Å²) in [7, 11) is -1.92. The van der Waals surface area contributed by atoms with Crippen molar-refractivity contribution in [2.75, 3.05) is 26.8 Å². The van der Waals surface area contributed by atoms with Crippen molar-refractivity contribution in [1.82, 2.24) is 0 Å². The van der Waals surface area contributed by atoms with Crippen LogP contribution in [0.3, 0.4) is 0 Å². The van der Waals surface area contributed by atoms with Crippen molar-refractivity contribution in [3.63, 3.8) is 0 Å². The van der Waals surface area contributed by atoms with E-state index in [1.807, 2.05) is 76.2 Å². The summed E-state index contributed by atoms with van der Waals surface area (Å²) in [4.78, 5) is 11.5. The molecule has 322 valence electrons. The van der Waals surface area contributed by atoms with Crippen LogP contribution in [0.25, 0.3) is 0 Å². The van der Waals surface area contributed by atoms with Gasteiger partial charge in [-0.15, -0.1) is 0 Å². The fraction of sp³-hybridized carbons (Fsp3) is 0.711. The fourth-order valence-corrected chi connectivity index (χ4v) is 8.25. The SMILES string of the molecule is CC(=O)OCC[C@@H](C[C@H]1C[C@@H](C[C@@H]2C[C@@H](C[C@@H](CCO[Si](C)(C)C(C)(C)C)OCOCc3ccccc3)OC(C)(C)O2)OC(C)(C)O1)OCOCc1ccccc1. The predicted molar refractivity (Wildman–Crippen MR) is 222 cm³/mol. The number of ether oxygens (including phenoxy) is 9. The molecular weight excluding hydrogens is 745 g/mol. The third-order valence-corrected chi connectivity index (χ3v) is 15.4. The minimum absolute atomic E-state index is 0.0932. The van der Waals surface area contributed by atoms with Crippen LogP contribution in [0.5, 0.6) is 0 Å². The van der Waals surface area contributed by atoms with Crippen molar-refractivity contribution in [2.24, 2.45) is 0 Å². The van der Waals surface area contributed by atoms with E-state index < -0.39 is 19.9 Å². The minimum Gasteiger partial charge on any atom is -0.466 e. The summed E-state index contributed by atoms with van der Waals surface area (Å²) in [5, 5.41) is 0.123. The number of rotatable bonds is 23. The standard InChI is InChI=1S/C45H72O11Si/c1-34(46)49-23-21-37(50-32-47-30-35-17-13-11-14-18-35)25-39-27-41(55-44(5,6)53-39)29-42-28-40(54-45(7,8)56-42)26-38(22-24-52-57(9,10)43(2,3)4)51-33-48-31-36-19-15-12-16-20-36/h11-20,37-42H,21-33H2,1-10H3/t37-,38+,39-,40+,41-,42-/m0/s1. The van der Waals surface area contributed by atoms with E-state index in [9.17, 15) is 4.79 Å². The van der Waals surface area contributed by atoms with Crippen molar-refractivity contribution in [3.8, 4) is 0 Å². The molecule has 2 aromatic carbocycles. The molecule has 0 N–H and O–H groups in total. The van der Waals surface area contributed by atoms with Gasteiger partial charge in [-0.05, 0) is 63.4 Å². The molecule has 2 saturated heterocycles. The molecule has 0 radical (unpaired) electrons. The average Bonchev–Trinajstić information content (AvgIpc) is 3.10. The van der Waals surface area contributed by atoms with E-state index in [4.69, 9.17) is 47.1 Å². The van der Waals surface area contributed by atoms with Gasteiger partial charge < -0.3 is 47.1 Å². The monoisotopic (exact) mass is 816 g/mol. The van der Waals surface area contributed by atoms with Crippen LogP contribution in [0.1, 0.15) is 111 Å². The molecule has 2 aromatic rings. The van der Waals surface area contributed by atoms with Crippen LogP contribution in [-0.4, -0.2) is 89.3 Å². The van der Waals surface area contributed by atoms with Gasteiger partial charge in [0, 0.05) is 52.1 Å². The van der Waals surface area contributed by atoms with E-state index in [2.05, 4.69) is 46.0 Å². The lowest BCUT2D eigenvalue weighted by atomic mass is 9.93.